The maximum absolute atomic E-state index is 14.9. The predicted octanol–water partition coefficient (Wildman–Crippen LogP) is -1.31. The quantitative estimate of drug-likeness (QED) is 0.0201. The summed E-state index contributed by atoms with van der Waals surface area (Å²) in [4.78, 5) is 218. The van der Waals surface area contributed by atoms with Crippen molar-refractivity contribution in [2.45, 2.75) is 192 Å². The summed E-state index contributed by atoms with van der Waals surface area (Å²) in [6, 6.07) is 0.295. The summed E-state index contributed by atoms with van der Waals surface area (Å²) in [5.41, 5.74) is 8.14. The number of thiol groups is 2. The van der Waals surface area contributed by atoms with Crippen LogP contribution in [0.3, 0.4) is 0 Å². The molecule has 38 heteroatoms. The number of hydrogen-bond donors (Lipinski definition) is 22. The molecule has 0 aliphatic rings. The number of nitrogens with one attached hydrogen (secondary N) is 14. The fourth-order valence-electron chi connectivity index (χ4n) is 11.7. The number of imidazole rings is 1. The van der Waals surface area contributed by atoms with Gasteiger partial charge in [-0.2, -0.15) is 25.3 Å². The highest BCUT2D eigenvalue weighted by molar-refractivity contribution is 7.80. The van der Waals surface area contributed by atoms with Gasteiger partial charge in [-0.3, -0.25) is 67.1 Å². The molecule has 21 N–H and O–H groups in total. The summed E-state index contributed by atoms with van der Waals surface area (Å²) in [7, 11) is 0. The predicted molar refractivity (Wildman–Crippen MR) is 418 cm³/mol. The molecule has 113 heavy (non-hydrogen) atoms. The van der Waals surface area contributed by atoms with E-state index in [2.05, 4.69) is 104 Å². The lowest BCUT2D eigenvalue weighted by Gasteiger charge is -2.31. The second-order valence-corrected chi connectivity index (χ2v) is 29.0. The van der Waals surface area contributed by atoms with Crippen LogP contribution >= 0.6 is 25.3 Å². The molecule has 0 saturated heterocycles. The molecule has 12 amide bonds. The topological polar surface area (TPSA) is 572 Å². The van der Waals surface area contributed by atoms with Crippen LogP contribution in [0.15, 0.2) is 97.6 Å². The average molecular weight is 1610 g/mol. The number of nitrogens with zero attached hydrogens (tertiary/aromatic N) is 1. The van der Waals surface area contributed by atoms with Gasteiger partial charge >= 0.3 is 17.9 Å². The van der Waals surface area contributed by atoms with Crippen molar-refractivity contribution >= 4 is 125 Å². The van der Waals surface area contributed by atoms with Crippen LogP contribution in [0, 0.1) is 23.7 Å². The lowest BCUT2D eigenvalue weighted by molar-refractivity contribution is -0.143. The maximum Gasteiger partial charge on any atom is 0.326 e. The Morgan fingerprint density at radius 1 is 0.442 bits per heavy atom. The van der Waals surface area contributed by atoms with Crippen molar-refractivity contribution in [1.29, 1.82) is 0 Å². The summed E-state index contributed by atoms with van der Waals surface area (Å²) in [6.07, 6.45) is 1.53. The van der Waals surface area contributed by atoms with E-state index in [-0.39, 0.29) is 55.7 Å². The van der Waals surface area contributed by atoms with Gasteiger partial charge in [-0.25, -0.2) is 9.78 Å². The fraction of sp³-hybridized carbons (Fsp3) is 0.493. The van der Waals surface area contributed by atoms with E-state index < -0.39 is 216 Å². The minimum Gasteiger partial charge on any atom is -0.508 e. The first kappa shape index (κ1) is 92.5. The molecule has 36 nitrogen and oxygen atoms in total. The molecule has 0 radical (unpaired) electrons. The van der Waals surface area contributed by atoms with Gasteiger partial charge in [0.05, 0.1) is 31.8 Å². The number of carbonyl (C=O) groups excluding carboxylic acids is 12. The lowest BCUT2D eigenvalue weighted by atomic mass is 9.94. The normalized spacial score (nSPS) is 15.3. The molecule has 0 spiro atoms. The number of aromatic nitrogens is 3. The highest BCUT2D eigenvalue weighted by Gasteiger charge is 2.40. The number of para-hydroxylation sites is 1. The minimum atomic E-state index is -1.92. The van der Waals surface area contributed by atoms with Gasteiger partial charge in [0.25, 0.3) is 0 Å². The van der Waals surface area contributed by atoms with Crippen LogP contribution < -0.4 is 69.5 Å². The monoisotopic (exact) mass is 1610 g/mol. The molecule has 0 unspecified atom stereocenters. The Balaban J connectivity index is 1.37. The zero-order valence-corrected chi connectivity index (χ0v) is 65.6. The van der Waals surface area contributed by atoms with Gasteiger partial charge in [0.2, 0.25) is 70.9 Å². The number of nitrogens with two attached hydrogens (primary N) is 1. The zero-order chi connectivity index (χ0) is 83.9. The second-order valence-electron chi connectivity index (χ2n) is 28.2. The molecule has 2 aromatic heterocycles. The number of phenols is 1. The number of H-pyrrole nitrogens is 2. The highest BCUT2D eigenvalue weighted by atomic mass is 32.1. The average Bonchev–Trinajstić information content (AvgIpc) is 1.67. The first-order valence-electron chi connectivity index (χ1n) is 36.7. The van der Waals surface area contributed by atoms with Crippen molar-refractivity contribution in [2.75, 3.05) is 18.1 Å². The Bertz CT molecular complexity index is 4100. The largest absolute Gasteiger partial charge is 0.508 e. The third-order valence-corrected chi connectivity index (χ3v) is 19.4. The second kappa shape index (κ2) is 45.4. The summed E-state index contributed by atoms with van der Waals surface area (Å²) in [5, 5.41) is 80.9. The molecule has 0 saturated carbocycles. The Morgan fingerprint density at radius 3 is 1.35 bits per heavy atom. The van der Waals surface area contributed by atoms with Gasteiger partial charge < -0.3 is 105 Å². The Morgan fingerprint density at radius 2 is 0.858 bits per heavy atom. The van der Waals surface area contributed by atoms with Gasteiger partial charge in [-0.1, -0.05) is 129 Å². The van der Waals surface area contributed by atoms with E-state index in [1.807, 2.05) is 0 Å². The van der Waals surface area contributed by atoms with E-state index in [9.17, 15) is 97.5 Å². The summed E-state index contributed by atoms with van der Waals surface area (Å²) in [6.45, 7) is 12.1. The van der Waals surface area contributed by atoms with E-state index in [1.165, 1.54) is 50.6 Å². The molecular weight excluding hydrogens is 1510 g/mol. The van der Waals surface area contributed by atoms with Crippen LogP contribution in [0.5, 0.6) is 5.75 Å². The number of aliphatic carboxylic acids is 3. The van der Waals surface area contributed by atoms with Gasteiger partial charge in [-0.05, 0) is 65.0 Å². The van der Waals surface area contributed by atoms with Gasteiger partial charge in [0.1, 0.15) is 78.3 Å². The number of phenolic OH excluding ortho intramolecular Hbond substituents is 1. The van der Waals surface area contributed by atoms with E-state index in [0.717, 1.165) is 10.9 Å². The van der Waals surface area contributed by atoms with Crippen LogP contribution in [0.4, 0.5) is 0 Å². The smallest absolute Gasteiger partial charge is 0.326 e. The number of carbonyl (C=O) groups is 15. The number of amides is 12. The Kier molecular flexibility index (Phi) is 37.2. The van der Waals surface area contributed by atoms with E-state index >= 15 is 0 Å². The zero-order valence-electron chi connectivity index (χ0n) is 63.8. The molecule has 5 aromatic rings. The van der Waals surface area contributed by atoms with Gasteiger partial charge in [-0.15, -0.1) is 0 Å². The first-order chi connectivity index (χ1) is 53.5. The third kappa shape index (κ3) is 29.2. The number of aromatic amines is 2. The molecule has 3 aromatic carbocycles. The van der Waals surface area contributed by atoms with Gasteiger partial charge in [0, 0.05) is 66.2 Å². The Labute approximate surface area is 663 Å². The number of hydrogen-bond acceptors (Lipinski definition) is 21. The molecular formula is C75H104N16O20S2. The highest BCUT2D eigenvalue weighted by Crippen LogP contribution is 2.22. The van der Waals surface area contributed by atoms with Crippen molar-refractivity contribution in [2.24, 2.45) is 29.4 Å². The number of carboxylic acid groups (broad SMARTS) is 3. The summed E-state index contributed by atoms with van der Waals surface area (Å²) < 4.78 is 0. The number of carboxylic acids is 3. The summed E-state index contributed by atoms with van der Waals surface area (Å²) >= 11 is 8.31. The number of aromatic hydroxyl groups is 1. The number of aliphatic hydroxyl groups excluding tert-OH is 1. The SMILES string of the molecule is CC[C@H](C)[C@H](NC(=O)[C@H](CC(=O)O)NC(=O)[C@H](CC(C)C)NC(=O)[C@H](Cc1cnc[nH]1)NC(=O)[C@H](CS)NC(=O)[C@H](Cc1ccccc1)NC(=O)[C@H](Cc1ccc(O)cc1)NC(=O)[C@@H](NC(=O)[C@H](CC(=O)O)NC(=O)[C@H](CO)NC(=O)[C@@H](N)CS)C(C)C)C(=O)N[C@H](C(=O)N[C@@H](Cc1c[nH]c2ccccc12)C(=O)O)[C@@H](C)CC. The van der Waals surface area contributed by atoms with Crippen molar-refractivity contribution < 1.29 is 97.5 Å². The third-order valence-electron chi connectivity index (χ3n) is 18.6. The lowest BCUT2D eigenvalue weighted by Crippen LogP contribution is -2.62. The maximum atomic E-state index is 14.9. The number of rotatable bonds is 47. The van der Waals surface area contributed by atoms with E-state index in [1.54, 1.807) is 102 Å². The molecule has 0 aliphatic heterocycles. The van der Waals surface area contributed by atoms with Crippen LogP contribution in [0.2, 0.25) is 0 Å². The van der Waals surface area contributed by atoms with Crippen LogP contribution in [0.1, 0.15) is 110 Å². The molecule has 2 heterocycles. The molecule has 0 fully saturated rings. The van der Waals surface area contributed by atoms with Gasteiger partial charge in [0.15, 0.2) is 0 Å². The number of fused-ring (bicyclic) bond motifs is 1. The fourth-order valence-corrected chi connectivity index (χ4v) is 12.2. The molecule has 0 aliphatic carbocycles. The van der Waals surface area contributed by atoms with Crippen LogP contribution in [0.25, 0.3) is 10.9 Å². The standard InChI is InChI=1S/C75H104N16O20S2/c1-9-39(7)61(73(108)86-55(75(110)111)27-43-31-78-48-19-15-14-18-46(43)48)91-74(109)62(40(8)10-2)90-69(104)54(30-59(96)97)83-64(99)49(24-37(3)4)80-67(102)52(28-44-32-77-36-79-44)82-71(106)57(35-113)88-66(101)50(25-41-16-12-11-13-17-41)81-65(100)51(26-42-20-22-45(93)23-21-42)85-72(107)60(38(5)6)89-68(103)53(29-58(94)95)84-70(105)56(33-92)87-63(98)47(76)34-112/h11-23,31-32,36-40,47,49-57,60-62,78,92-93,112-113H,9-10,24-30,33-35,76H2,1-8H3,(H,77,79)(H,80,102)(H,81,100)(H,82,106)(H,83,99)(H,84,105)(H,85,107)(H,86,108)(H,87,98)(H,88,101)(H,89,103)(H,90,104)(H,91,109)(H,94,95)(H,96,97)(H,110,111)/t39-,40-,47-,49-,50-,51-,52-,53-,54-,55-,56-,57-,60-,61-,62-/m0/s1. The van der Waals surface area contributed by atoms with Crippen LogP contribution in [-0.2, 0) is 97.6 Å². The summed E-state index contributed by atoms with van der Waals surface area (Å²) in [5.74, 6) is -20.1. The number of benzene rings is 3. The van der Waals surface area contributed by atoms with E-state index in [0.29, 0.717) is 23.1 Å². The molecule has 0 bridgehead atoms. The van der Waals surface area contributed by atoms with Crippen LogP contribution in [-0.4, -0.2) is 226 Å². The Hall–Kier alpha value is -11.1. The minimum absolute atomic E-state index is 0.119. The number of aliphatic hydroxyl groups is 1. The van der Waals surface area contributed by atoms with Crippen molar-refractivity contribution in [3.63, 3.8) is 0 Å². The van der Waals surface area contributed by atoms with Crippen molar-refractivity contribution in [3.8, 4) is 5.75 Å². The van der Waals surface area contributed by atoms with E-state index in [4.69, 9.17) is 5.73 Å². The molecule has 616 valence electrons. The molecule has 5 rings (SSSR count). The first-order valence-corrected chi connectivity index (χ1v) is 38.0. The van der Waals surface area contributed by atoms with Crippen molar-refractivity contribution in [3.05, 3.63) is 120 Å². The molecule has 15 atom stereocenters. The van der Waals surface area contributed by atoms with Crippen molar-refractivity contribution in [1.82, 2.24) is 78.8 Å².